The molecule has 0 spiro atoms. The zero-order valence-corrected chi connectivity index (χ0v) is 16.3. The summed E-state index contributed by atoms with van der Waals surface area (Å²) in [6.45, 7) is 5.18. The highest BCUT2D eigenvalue weighted by atomic mass is 32.2. The van der Waals surface area contributed by atoms with Crippen LogP contribution in [0, 0.1) is 5.82 Å². The minimum atomic E-state index is -3.67. The maximum atomic E-state index is 13.7. The van der Waals surface area contributed by atoms with E-state index in [0.717, 1.165) is 27.1 Å². The SMILES string of the molecule is CC/C=C(\c1cccc(F)c1)c1ccc2nc(N)n(S(=O)(=O)C(C)C)c2c1. The maximum absolute atomic E-state index is 13.7. The monoisotopic (exact) mass is 387 g/mol. The second-order valence-corrected chi connectivity index (χ2v) is 8.91. The molecular formula is C20H22FN3O2S. The number of hydrogen-bond acceptors (Lipinski definition) is 4. The first-order valence-electron chi connectivity index (χ1n) is 8.74. The Hall–Kier alpha value is -2.67. The van der Waals surface area contributed by atoms with E-state index in [0.29, 0.717) is 11.0 Å². The smallest absolute Gasteiger partial charge is 0.244 e. The van der Waals surface area contributed by atoms with Crippen LogP contribution >= 0.6 is 0 Å². The minimum absolute atomic E-state index is 0.0670. The average molecular weight is 387 g/mol. The summed E-state index contributed by atoms with van der Waals surface area (Å²) in [6, 6.07) is 11.6. The lowest BCUT2D eigenvalue weighted by molar-refractivity contribution is 0.580. The molecule has 5 nitrogen and oxygen atoms in total. The van der Waals surface area contributed by atoms with Gasteiger partial charge in [0.25, 0.3) is 0 Å². The molecule has 3 rings (SSSR count). The van der Waals surface area contributed by atoms with Gasteiger partial charge in [0.2, 0.25) is 16.0 Å². The molecule has 3 aromatic rings. The molecule has 0 aliphatic carbocycles. The summed E-state index contributed by atoms with van der Waals surface area (Å²) in [5.74, 6) is -0.394. The lowest BCUT2D eigenvalue weighted by Crippen LogP contribution is -2.23. The molecule has 0 fully saturated rings. The number of nitrogens with zero attached hydrogens (tertiary/aromatic N) is 2. The third-order valence-corrected chi connectivity index (χ3v) is 6.43. The van der Waals surface area contributed by atoms with Crippen LogP contribution in [0.4, 0.5) is 10.3 Å². The molecule has 0 saturated heterocycles. The Morgan fingerprint density at radius 3 is 2.56 bits per heavy atom. The molecule has 27 heavy (non-hydrogen) atoms. The third-order valence-electron chi connectivity index (χ3n) is 4.34. The summed E-state index contributed by atoms with van der Waals surface area (Å²) in [7, 11) is -3.67. The van der Waals surface area contributed by atoms with Gasteiger partial charge in [-0.05, 0) is 61.2 Å². The van der Waals surface area contributed by atoms with Crippen molar-refractivity contribution in [1.29, 1.82) is 0 Å². The van der Waals surface area contributed by atoms with E-state index in [4.69, 9.17) is 5.73 Å². The van der Waals surface area contributed by atoms with Crippen molar-refractivity contribution in [3.63, 3.8) is 0 Å². The topological polar surface area (TPSA) is 78.0 Å². The molecule has 0 saturated carbocycles. The van der Waals surface area contributed by atoms with Gasteiger partial charge in [0.05, 0.1) is 16.3 Å². The molecule has 0 amide bonds. The molecule has 0 atom stereocenters. The van der Waals surface area contributed by atoms with Gasteiger partial charge in [0.1, 0.15) is 5.82 Å². The Morgan fingerprint density at radius 2 is 1.93 bits per heavy atom. The Morgan fingerprint density at radius 1 is 1.22 bits per heavy atom. The zero-order chi connectivity index (χ0) is 19.8. The zero-order valence-electron chi connectivity index (χ0n) is 15.5. The first-order valence-corrected chi connectivity index (χ1v) is 10.2. The summed E-state index contributed by atoms with van der Waals surface area (Å²) in [6.07, 6.45) is 2.73. The van der Waals surface area contributed by atoms with Gasteiger partial charge in [-0.25, -0.2) is 21.8 Å². The van der Waals surface area contributed by atoms with Gasteiger partial charge in [-0.2, -0.15) is 0 Å². The number of hydrogen-bond donors (Lipinski definition) is 1. The van der Waals surface area contributed by atoms with Gasteiger partial charge >= 0.3 is 0 Å². The summed E-state index contributed by atoms with van der Waals surface area (Å²) >= 11 is 0. The summed E-state index contributed by atoms with van der Waals surface area (Å²) in [5.41, 5.74) is 9.13. The molecule has 0 radical (unpaired) electrons. The van der Waals surface area contributed by atoms with Crippen molar-refractivity contribution in [2.45, 2.75) is 32.4 Å². The molecular weight excluding hydrogens is 365 g/mol. The Labute approximate surface area is 158 Å². The van der Waals surface area contributed by atoms with Crippen LogP contribution in [-0.2, 0) is 10.0 Å². The fraction of sp³-hybridized carbons (Fsp3) is 0.250. The van der Waals surface area contributed by atoms with Gasteiger partial charge in [-0.3, -0.25) is 0 Å². The number of anilines is 1. The van der Waals surface area contributed by atoms with Crippen LogP contribution in [0.2, 0.25) is 0 Å². The molecule has 0 aliphatic heterocycles. The second kappa shape index (κ2) is 7.15. The van der Waals surface area contributed by atoms with Crippen LogP contribution in [-0.4, -0.2) is 22.6 Å². The molecule has 0 bridgehead atoms. The molecule has 0 aliphatic rings. The number of halogens is 1. The number of allylic oxidation sites excluding steroid dienone is 1. The maximum Gasteiger partial charge on any atom is 0.244 e. The third kappa shape index (κ3) is 3.47. The predicted molar refractivity (Wildman–Crippen MR) is 107 cm³/mol. The van der Waals surface area contributed by atoms with Crippen molar-refractivity contribution < 1.29 is 12.8 Å². The van der Waals surface area contributed by atoms with E-state index >= 15 is 0 Å². The Balaban J connectivity index is 2.25. The van der Waals surface area contributed by atoms with E-state index in [1.807, 2.05) is 25.1 Å². The van der Waals surface area contributed by atoms with Crippen molar-refractivity contribution in [1.82, 2.24) is 8.96 Å². The van der Waals surface area contributed by atoms with Crippen LogP contribution < -0.4 is 5.73 Å². The fourth-order valence-electron chi connectivity index (χ4n) is 2.98. The van der Waals surface area contributed by atoms with Crippen molar-refractivity contribution >= 4 is 32.6 Å². The van der Waals surface area contributed by atoms with Crippen LogP contribution in [0.5, 0.6) is 0 Å². The average Bonchev–Trinajstić information content (AvgIpc) is 2.95. The molecule has 7 heteroatoms. The number of nitrogen functional groups attached to an aromatic ring is 1. The van der Waals surface area contributed by atoms with E-state index in [1.54, 1.807) is 32.0 Å². The summed E-state index contributed by atoms with van der Waals surface area (Å²) < 4.78 is 40.3. The number of imidazole rings is 1. The van der Waals surface area contributed by atoms with Crippen LogP contribution in [0.25, 0.3) is 16.6 Å². The number of fused-ring (bicyclic) bond motifs is 1. The molecule has 1 aromatic heterocycles. The number of benzene rings is 2. The minimum Gasteiger partial charge on any atom is -0.368 e. The number of nitrogens with two attached hydrogens (primary N) is 1. The van der Waals surface area contributed by atoms with Gasteiger partial charge in [0.15, 0.2) is 0 Å². The van der Waals surface area contributed by atoms with Gasteiger partial charge in [-0.1, -0.05) is 31.2 Å². The van der Waals surface area contributed by atoms with Crippen LogP contribution in [0.1, 0.15) is 38.3 Å². The highest BCUT2D eigenvalue weighted by Crippen LogP contribution is 2.30. The number of rotatable bonds is 5. The molecule has 142 valence electrons. The predicted octanol–water partition coefficient (Wildman–Crippen LogP) is 4.19. The molecule has 0 unspecified atom stereocenters. The number of aromatic nitrogens is 2. The van der Waals surface area contributed by atoms with E-state index in [2.05, 4.69) is 4.98 Å². The Kier molecular flexibility index (Phi) is 5.06. The molecule has 1 heterocycles. The Bertz CT molecular complexity index is 1130. The quantitative estimate of drug-likeness (QED) is 0.712. The molecule has 2 aromatic carbocycles. The van der Waals surface area contributed by atoms with E-state index in [-0.39, 0.29) is 11.8 Å². The van der Waals surface area contributed by atoms with Gasteiger partial charge in [-0.15, -0.1) is 0 Å². The van der Waals surface area contributed by atoms with E-state index in [9.17, 15) is 12.8 Å². The van der Waals surface area contributed by atoms with Crippen molar-refractivity contribution in [3.05, 3.63) is 65.5 Å². The van der Waals surface area contributed by atoms with Crippen molar-refractivity contribution in [2.75, 3.05) is 5.73 Å². The van der Waals surface area contributed by atoms with Gasteiger partial charge < -0.3 is 5.73 Å². The highest BCUT2D eigenvalue weighted by molar-refractivity contribution is 7.90. The summed E-state index contributed by atoms with van der Waals surface area (Å²) in [5, 5.41) is -0.644. The lowest BCUT2D eigenvalue weighted by Gasteiger charge is -2.13. The standard InChI is InChI=1S/C20H22FN3O2S/c1-4-6-17(14-7-5-8-16(21)11-14)15-9-10-18-19(12-15)24(20(22)23-18)27(25,26)13(2)3/h5-13H,4H2,1-3H3,(H2,22,23)/b17-6+. The van der Waals surface area contributed by atoms with Crippen molar-refractivity contribution in [2.24, 2.45) is 0 Å². The largest absolute Gasteiger partial charge is 0.368 e. The normalized spacial score (nSPS) is 12.9. The first kappa shape index (κ1) is 19.1. The first-order chi connectivity index (χ1) is 12.8. The van der Waals surface area contributed by atoms with E-state index in [1.165, 1.54) is 12.1 Å². The lowest BCUT2D eigenvalue weighted by atomic mass is 9.96. The highest BCUT2D eigenvalue weighted by Gasteiger charge is 2.24. The summed E-state index contributed by atoms with van der Waals surface area (Å²) in [4.78, 5) is 4.18. The van der Waals surface area contributed by atoms with Gasteiger partial charge in [0, 0.05) is 0 Å². The van der Waals surface area contributed by atoms with E-state index < -0.39 is 15.3 Å². The second-order valence-electron chi connectivity index (χ2n) is 6.57. The van der Waals surface area contributed by atoms with Crippen LogP contribution in [0.15, 0.2) is 48.5 Å². The van der Waals surface area contributed by atoms with Crippen molar-refractivity contribution in [3.8, 4) is 0 Å². The molecule has 2 N–H and O–H groups in total. The fourth-order valence-corrected chi connectivity index (χ4v) is 4.12. The van der Waals surface area contributed by atoms with Crippen LogP contribution in [0.3, 0.4) is 0 Å².